The number of rotatable bonds is 5. The molecule has 3 aromatic heterocycles. The van der Waals surface area contributed by atoms with Crippen LogP contribution in [0.25, 0.3) is 116 Å². The van der Waals surface area contributed by atoms with Gasteiger partial charge in [0.05, 0.1) is 11.0 Å². The monoisotopic (exact) mass is 843 g/mol. The molecule has 10 aromatic carbocycles. The summed E-state index contributed by atoms with van der Waals surface area (Å²) in [6.45, 7) is 0. The largest absolute Gasteiger partial charge is 0.456 e. The van der Waals surface area contributed by atoms with Crippen LogP contribution >= 0.6 is 0 Å². The van der Waals surface area contributed by atoms with Crippen LogP contribution in [0, 0.1) is 0 Å². The van der Waals surface area contributed by atoms with Crippen molar-refractivity contribution in [1.29, 1.82) is 0 Å². The lowest BCUT2D eigenvalue weighted by molar-refractivity contribution is 0.647. The molecule has 1 aliphatic carbocycles. The zero-order chi connectivity index (χ0) is 43.3. The topological polar surface area (TPSA) is 31.2 Å². The van der Waals surface area contributed by atoms with E-state index in [9.17, 15) is 0 Å². The number of benzene rings is 10. The van der Waals surface area contributed by atoms with E-state index < -0.39 is 0 Å². The Kier molecular flexibility index (Phi) is 8.17. The van der Waals surface area contributed by atoms with Gasteiger partial charge in [0.15, 0.2) is 0 Å². The third-order valence-corrected chi connectivity index (χ3v) is 14.3. The van der Waals surface area contributed by atoms with Crippen LogP contribution in [0.1, 0.15) is 29.0 Å². The number of fused-ring (bicyclic) bond motifs is 13. The highest BCUT2D eigenvalue weighted by molar-refractivity contribution is 6.18. The maximum atomic E-state index is 6.79. The first-order valence-corrected chi connectivity index (χ1v) is 23.0. The van der Waals surface area contributed by atoms with Crippen molar-refractivity contribution in [2.75, 3.05) is 0 Å². The van der Waals surface area contributed by atoms with Gasteiger partial charge in [-0.25, -0.2) is 0 Å². The lowest BCUT2D eigenvalue weighted by Gasteiger charge is -2.20. The van der Waals surface area contributed by atoms with E-state index in [1.165, 1.54) is 77.3 Å². The van der Waals surface area contributed by atoms with Gasteiger partial charge in [0, 0.05) is 55.0 Å². The number of aromatic nitrogens is 1. The SMILES string of the molecule is c1ccc(-c2cccc(-c3ccc(-n4c5ccccc5c5c6c(ccc54)C(c4cccc5c4oc4ccccc45)CCc4ccc(-c5cccc7c5oc5ccccc57)cc4-6)cc3)c2)cc1. The maximum absolute atomic E-state index is 6.79. The summed E-state index contributed by atoms with van der Waals surface area (Å²) >= 11 is 0. The van der Waals surface area contributed by atoms with Gasteiger partial charge in [-0.1, -0.05) is 170 Å². The van der Waals surface area contributed by atoms with E-state index in [2.05, 4.69) is 217 Å². The molecular formula is C63H41NO2. The molecule has 13 aromatic rings. The van der Waals surface area contributed by atoms with E-state index in [-0.39, 0.29) is 5.92 Å². The highest BCUT2D eigenvalue weighted by Gasteiger charge is 2.30. The Hall–Kier alpha value is -8.40. The molecule has 0 bridgehead atoms. The number of para-hydroxylation sites is 5. The molecule has 0 spiro atoms. The second-order valence-electron chi connectivity index (χ2n) is 17.8. The molecule has 1 aliphatic rings. The van der Waals surface area contributed by atoms with E-state index in [0.717, 1.165) is 68.1 Å². The molecule has 0 aliphatic heterocycles. The van der Waals surface area contributed by atoms with Crippen LogP contribution in [0.5, 0.6) is 0 Å². The molecule has 1 atom stereocenters. The van der Waals surface area contributed by atoms with E-state index >= 15 is 0 Å². The quantitative estimate of drug-likeness (QED) is 0.173. The molecule has 0 saturated heterocycles. The molecule has 310 valence electrons. The Balaban J connectivity index is 0.999. The number of hydrogen-bond acceptors (Lipinski definition) is 2. The number of furan rings is 2. The lowest BCUT2D eigenvalue weighted by Crippen LogP contribution is -2.03. The smallest absolute Gasteiger partial charge is 0.143 e. The normalized spacial score (nSPS) is 13.8. The average molecular weight is 844 g/mol. The Labute approximate surface area is 381 Å². The minimum Gasteiger partial charge on any atom is -0.456 e. The number of hydrogen-bond donors (Lipinski definition) is 0. The van der Waals surface area contributed by atoms with Crippen LogP contribution in [0.3, 0.4) is 0 Å². The summed E-state index contributed by atoms with van der Waals surface area (Å²) < 4.78 is 15.9. The average Bonchev–Trinajstić information content (AvgIpc) is 4.03. The fourth-order valence-electron chi connectivity index (χ4n) is 11.2. The van der Waals surface area contributed by atoms with Gasteiger partial charge >= 0.3 is 0 Å². The number of aryl methyl sites for hydroxylation is 1. The van der Waals surface area contributed by atoms with Crippen LogP contribution < -0.4 is 0 Å². The van der Waals surface area contributed by atoms with Gasteiger partial charge in [-0.3, -0.25) is 0 Å². The molecule has 3 nitrogen and oxygen atoms in total. The molecule has 14 rings (SSSR count). The van der Waals surface area contributed by atoms with Crippen molar-refractivity contribution >= 4 is 65.7 Å². The second-order valence-corrected chi connectivity index (χ2v) is 17.8. The Morgan fingerprint density at radius 1 is 0.379 bits per heavy atom. The molecule has 3 heterocycles. The zero-order valence-electron chi connectivity index (χ0n) is 36.0. The second kappa shape index (κ2) is 14.6. The molecule has 0 fully saturated rings. The molecule has 0 saturated carbocycles. The predicted molar refractivity (Wildman–Crippen MR) is 274 cm³/mol. The highest BCUT2D eigenvalue weighted by Crippen LogP contribution is 2.51. The zero-order valence-corrected chi connectivity index (χ0v) is 36.0. The Morgan fingerprint density at radius 3 is 1.77 bits per heavy atom. The van der Waals surface area contributed by atoms with E-state index in [4.69, 9.17) is 8.83 Å². The predicted octanol–water partition coefficient (Wildman–Crippen LogP) is 17.3. The van der Waals surface area contributed by atoms with Crippen LogP contribution in [-0.2, 0) is 6.42 Å². The van der Waals surface area contributed by atoms with Crippen molar-refractivity contribution in [2.24, 2.45) is 0 Å². The minimum atomic E-state index is 0.0939. The third kappa shape index (κ3) is 5.63. The fraction of sp³-hybridized carbons (Fsp3) is 0.0476. The third-order valence-electron chi connectivity index (χ3n) is 14.3. The molecule has 0 amide bonds. The van der Waals surface area contributed by atoms with Crippen LogP contribution in [-0.4, -0.2) is 4.57 Å². The summed E-state index contributed by atoms with van der Waals surface area (Å²) in [4.78, 5) is 0. The van der Waals surface area contributed by atoms with Gasteiger partial charge < -0.3 is 13.4 Å². The highest BCUT2D eigenvalue weighted by atomic mass is 16.3. The minimum absolute atomic E-state index is 0.0939. The first-order valence-electron chi connectivity index (χ1n) is 23.0. The maximum Gasteiger partial charge on any atom is 0.143 e. The molecular weight excluding hydrogens is 803 g/mol. The van der Waals surface area contributed by atoms with Crippen molar-refractivity contribution in [3.63, 3.8) is 0 Å². The van der Waals surface area contributed by atoms with E-state index in [1.54, 1.807) is 0 Å². The van der Waals surface area contributed by atoms with E-state index in [0.29, 0.717) is 0 Å². The van der Waals surface area contributed by atoms with Crippen LogP contribution in [0.4, 0.5) is 0 Å². The molecule has 3 heteroatoms. The summed E-state index contributed by atoms with van der Waals surface area (Å²) in [5.41, 5.74) is 20.8. The standard InChI is InChI=1S/C63H41NO2/c1-2-13-39(14-3-1)42-15-10-16-43(37-42)40-29-32-45(33-30-40)64-56-24-7-4-19-54(56)61-57(64)36-35-50-47(51-21-12-23-53-49-18-6-9-26-59(49)66-63(51)53)34-31-41-27-28-44(38-55(41)60(50)61)46-20-11-22-52-48-17-5-8-25-58(48)65-62(46)52/h1-30,32-33,35-38,47H,31,34H2. The fourth-order valence-corrected chi connectivity index (χ4v) is 11.2. The number of nitrogens with zero attached hydrogens (tertiary/aromatic N) is 1. The molecule has 1 unspecified atom stereocenters. The first kappa shape index (κ1) is 37.0. The molecule has 66 heavy (non-hydrogen) atoms. The molecule has 0 N–H and O–H groups in total. The van der Waals surface area contributed by atoms with Crippen molar-refractivity contribution in [3.05, 3.63) is 235 Å². The van der Waals surface area contributed by atoms with Crippen LogP contribution in [0.15, 0.2) is 227 Å². The van der Waals surface area contributed by atoms with Crippen molar-refractivity contribution in [1.82, 2.24) is 4.57 Å². The van der Waals surface area contributed by atoms with Gasteiger partial charge in [0.25, 0.3) is 0 Å². The lowest BCUT2D eigenvalue weighted by atomic mass is 9.83. The summed E-state index contributed by atoms with van der Waals surface area (Å²) in [6.07, 6.45) is 1.87. The summed E-state index contributed by atoms with van der Waals surface area (Å²) in [6, 6.07) is 79.6. The van der Waals surface area contributed by atoms with Crippen molar-refractivity contribution < 1.29 is 8.83 Å². The van der Waals surface area contributed by atoms with Gasteiger partial charge in [0.2, 0.25) is 0 Å². The van der Waals surface area contributed by atoms with Gasteiger partial charge in [0.1, 0.15) is 22.3 Å². The Bertz CT molecular complexity index is 4050. The van der Waals surface area contributed by atoms with Gasteiger partial charge in [-0.2, -0.15) is 0 Å². The van der Waals surface area contributed by atoms with E-state index in [1.807, 2.05) is 6.07 Å². The first-order chi connectivity index (χ1) is 32.7. The van der Waals surface area contributed by atoms with Gasteiger partial charge in [-0.05, 0) is 111 Å². The summed E-state index contributed by atoms with van der Waals surface area (Å²) in [5, 5.41) is 7.11. The van der Waals surface area contributed by atoms with Crippen molar-refractivity contribution in [3.8, 4) is 50.2 Å². The van der Waals surface area contributed by atoms with Gasteiger partial charge in [-0.15, -0.1) is 0 Å². The summed E-state index contributed by atoms with van der Waals surface area (Å²) in [5.74, 6) is 0.0939. The Morgan fingerprint density at radius 2 is 0.985 bits per heavy atom. The van der Waals surface area contributed by atoms with Crippen molar-refractivity contribution in [2.45, 2.75) is 18.8 Å². The molecule has 0 radical (unpaired) electrons. The van der Waals surface area contributed by atoms with Crippen LogP contribution in [0.2, 0.25) is 0 Å². The summed E-state index contributed by atoms with van der Waals surface area (Å²) in [7, 11) is 0.